The Bertz CT molecular complexity index is 2570. The van der Waals surface area contributed by atoms with E-state index in [0.29, 0.717) is 5.69 Å². The number of benzene rings is 7. The van der Waals surface area contributed by atoms with Gasteiger partial charge in [0.2, 0.25) is 0 Å². The van der Waals surface area contributed by atoms with Crippen LogP contribution in [-0.4, -0.2) is 19.1 Å². The van der Waals surface area contributed by atoms with Crippen molar-refractivity contribution in [3.63, 3.8) is 0 Å². The van der Waals surface area contributed by atoms with Gasteiger partial charge in [-0.25, -0.2) is 9.97 Å². The summed E-state index contributed by atoms with van der Waals surface area (Å²) in [5.41, 5.74) is 18.5. The molecule has 0 bridgehead atoms. The van der Waals surface area contributed by atoms with Crippen LogP contribution in [0.25, 0.3) is 61.9 Å². The van der Waals surface area contributed by atoms with E-state index >= 15 is 0 Å². The minimum absolute atomic E-state index is 0.653. The number of anilines is 3. The number of nitrogens with zero attached hydrogens (tertiary/aromatic N) is 5. The summed E-state index contributed by atoms with van der Waals surface area (Å²) in [5.74, 6) is 1.63. The van der Waals surface area contributed by atoms with Crippen molar-refractivity contribution in [3.8, 4) is 34.2 Å². The molecule has 6 nitrogen and oxygen atoms in total. The highest BCUT2D eigenvalue weighted by molar-refractivity contribution is 5.94. The van der Waals surface area contributed by atoms with Crippen molar-refractivity contribution in [2.75, 3.05) is 10.6 Å². The van der Waals surface area contributed by atoms with E-state index in [4.69, 9.17) is 22.3 Å². The molecular formula is C46H34N6. The molecule has 0 aliphatic carbocycles. The number of fused-ring (bicyclic) bond motifs is 2. The van der Waals surface area contributed by atoms with Crippen molar-refractivity contribution >= 4 is 44.8 Å². The van der Waals surface area contributed by atoms with E-state index in [1.54, 1.807) is 0 Å². The van der Waals surface area contributed by atoms with E-state index in [2.05, 4.69) is 129 Å². The van der Waals surface area contributed by atoms with Crippen LogP contribution in [-0.2, 0) is 0 Å². The van der Waals surface area contributed by atoms with Crippen LogP contribution in [0.5, 0.6) is 0 Å². The maximum atomic E-state index is 6.66. The van der Waals surface area contributed by atoms with Gasteiger partial charge < -0.3 is 10.6 Å². The van der Waals surface area contributed by atoms with Crippen LogP contribution in [0, 0.1) is 0 Å². The summed E-state index contributed by atoms with van der Waals surface area (Å²) in [6.45, 7) is 4.75. The highest BCUT2D eigenvalue weighted by Crippen LogP contribution is 2.41. The third-order valence-corrected chi connectivity index (χ3v) is 9.39. The van der Waals surface area contributed by atoms with Crippen LogP contribution >= 0.6 is 0 Å². The Balaban J connectivity index is 1.34. The van der Waals surface area contributed by atoms with Gasteiger partial charge in [-0.2, -0.15) is 0 Å². The Morgan fingerprint density at radius 3 is 1.46 bits per heavy atom. The molecule has 0 saturated carbocycles. The zero-order chi connectivity index (χ0) is 35.0. The summed E-state index contributed by atoms with van der Waals surface area (Å²) in [5, 5.41) is 0. The second kappa shape index (κ2) is 12.9. The van der Waals surface area contributed by atoms with E-state index in [9.17, 15) is 0 Å². The molecule has 0 saturated heterocycles. The molecule has 0 unspecified atom stereocenters. The first-order valence-electron chi connectivity index (χ1n) is 17.2. The number of nitrogens with two attached hydrogens (primary N) is 1. The van der Waals surface area contributed by atoms with E-state index < -0.39 is 0 Å². The molecule has 2 aromatic heterocycles. The highest BCUT2D eigenvalue weighted by atomic mass is 15.2. The van der Waals surface area contributed by atoms with Gasteiger partial charge in [-0.1, -0.05) is 97.6 Å². The molecular weight excluding hydrogens is 637 g/mol. The lowest BCUT2D eigenvalue weighted by atomic mass is 10.0. The smallest absolute Gasteiger partial charge is 0.145 e. The Morgan fingerprint density at radius 2 is 0.942 bits per heavy atom. The van der Waals surface area contributed by atoms with Crippen molar-refractivity contribution in [1.29, 1.82) is 0 Å². The second-order valence-electron chi connectivity index (χ2n) is 12.7. The Labute approximate surface area is 302 Å². The van der Waals surface area contributed by atoms with Gasteiger partial charge in [0.1, 0.15) is 11.6 Å². The summed E-state index contributed by atoms with van der Waals surface area (Å²) in [4.78, 5) is 12.7. The molecule has 52 heavy (non-hydrogen) atoms. The molecule has 0 spiro atoms. The number of rotatable bonds is 8. The highest BCUT2D eigenvalue weighted by Gasteiger charge is 2.23. The summed E-state index contributed by atoms with van der Waals surface area (Å²) in [6, 6.07) is 62.0. The topological polar surface area (TPSA) is 64.9 Å². The molecule has 0 aliphatic heterocycles. The molecule has 9 aromatic rings. The molecule has 0 amide bonds. The van der Waals surface area contributed by atoms with Crippen LogP contribution in [0.3, 0.4) is 0 Å². The monoisotopic (exact) mass is 670 g/mol. The van der Waals surface area contributed by atoms with Crippen LogP contribution in [0.4, 0.5) is 17.1 Å². The SMILES string of the molecule is C=C(c1cc(-c2nc3ccccc3n2-c2ccccc2)cc(-c2nc3ccccc3n2-c2ccccc2)c1)N(c1ccccc1)c1ccccc1N. The summed E-state index contributed by atoms with van der Waals surface area (Å²) in [6.07, 6.45) is 0. The minimum atomic E-state index is 0.653. The van der Waals surface area contributed by atoms with E-state index in [0.717, 1.165) is 78.9 Å². The van der Waals surface area contributed by atoms with E-state index in [1.807, 2.05) is 66.7 Å². The Morgan fingerprint density at radius 1 is 0.500 bits per heavy atom. The van der Waals surface area contributed by atoms with Gasteiger partial charge in [0.15, 0.2) is 0 Å². The molecule has 0 fully saturated rings. The van der Waals surface area contributed by atoms with Gasteiger partial charge in [-0.15, -0.1) is 0 Å². The molecule has 2 heterocycles. The lowest BCUT2D eigenvalue weighted by Gasteiger charge is -2.29. The van der Waals surface area contributed by atoms with Crippen molar-refractivity contribution in [3.05, 3.63) is 194 Å². The number of hydrogen-bond acceptors (Lipinski definition) is 4. The molecule has 6 heteroatoms. The first-order valence-corrected chi connectivity index (χ1v) is 17.2. The quantitative estimate of drug-likeness (QED) is 0.163. The molecule has 0 atom stereocenters. The van der Waals surface area contributed by atoms with Crippen molar-refractivity contribution in [2.45, 2.75) is 0 Å². The molecule has 0 radical (unpaired) electrons. The lowest BCUT2D eigenvalue weighted by Crippen LogP contribution is -2.16. The van der Waals surface area contributed by atoms with E-state index in [1.165, 1.54) is 0 Å². The first kappa shape index (κ1) is 30.8. The van der Waals surface area contributed by atoms with Gasteiger partial charge in [0, 0.05) is 33.9 Å². The fraction of sp³-hybridized carbons (Fsp3) is 0. The largest absolute Gasteiger partial charge is 0.397 e. The fourth-order valence-electron chi connectivity index (χ4n) is 7.01. The van der Waals surface area contributed by atoms with Crippen LogP contribution < -0.4 is 10.6 Å². The predicted molar refractivity (Wildman–Crippen MR) is 215 cm³/mol. The Kier molecular flexibility index (Phi) is 7.67. The average molecular weight is 671 g/mol. The number of nitrogen functional groups attached to an aromatic ring is 1. The number of hydrogen-bond donors (Lipinski definition) is 1. The third-order valence-electron chi connectivity index (χ3n) is 9.39. The minimum Gasteiger partial charge on any atom is -0.397 e. The molecule has 9 rings (SSSR count). The van der Waals surface area contributed by atoms with Gasteiger partial charge in [-0.05, 0) is 96.6 Å². The summed E-state index contributed by atoms with van der Waals surface area (Å²) < 4.78 is 4.45. The molecule has 248 valence electrons. The van der Waals surface area contributed by atoms with Gasteiger partial charge >= 0.3 is 0 Å². The molecule has 7 aromatic carbocycles. The normalized spacial score (nSPS) is 11.2. The fourth-order valence-corrected chi connectivity index (χ4v) is 7.01. The predicted octanol–water partition coefficient (Wildman–Crippen LogP) is 11.1. The molecule has 2 N–H and O–H groups in total. The number of aromatic nitrogens is 4. The maximum absolute atomic E-state index is 6.66. The second-order valence-corrected chi connectivity index (χ2v) is 12.7. The first-order chi connectivity index (χ1) is 25.6. The number of imidazole rings is 2. The Hall–Kier alpha value is -7.18. The third kappa shape index (κ3) is 5.39. The van der Waals surface area contributed by atoms with Gasteiger partial charge in [-0.3, -0.25) is 9.13 Å². The summed E-state index contributed by atoms with van der Waals surface area (Å²) >= 11 is 0. The summed E-state index contributed by atoms with van der Waals surface area (Å²) in [7, 11) is 0. The standard InChI is InChI=1S/C46H34N6/c1-32(50(36-17-5-2-6-18-36)42-26-14-11-23-39(42)47)33-29-34(45-48-40-24-12-15-27-43(40)51(45)37-19-7-3-8-20-37)31-35(30-33)46-49-41-25-13-16-28-44(41)52(46)38-21-9-4-10-22-38/h2-31H,1,47H2. The van der Waals surface area contributed by atoms with E-state index in [-0.39, 0.29) is 0 Å². The van der Waals surface area contributed by atoms with Crippen molar-refractivity contribution in [1.82, 2.24) is 19.1 Å². The lowest BCUT2D eigenvalue weighted by molar-refractivity contribution is 1.09. The van der Waals surface area contributed by atoms with Gasteiger partial charge in [0.05, 0.1) is 33.4 Å². The van der Waals surface area contributed by atoms with Gasteiger partial charge in [0.25, 0.3) is 0 Å². The number of para-hydroxylation sites is 9. The zero-order valence-corrected chi connectivity index (χ0v) is 28.3. The zero-order valence-electron chi connectivity index (χ0n) is 28.3. The van der Waals surface area contributed by atoms with Crippen LogP contribution in [0.2, 0.25) is 0 Å². The molecule has 0 aliphatic rings. The van der Waals surface area contributed by atoms with Crippen LogP contribution in [0.15, 0.2) is 189 Å². The van der Waals surface area contributed by atoms with Crippen LogP contribution in [0.1, 0.15) is 5.56 Å². The average Bonchev–Trinajstić information content (AvgIpc) is 3.79. The van der Waals surface area contributed by atoms with Crippen molar-refractivity contribution in [2.24, 2.45) is 0 Å². The van der Waals surface area contributed by atoms with Crippen molar-refractivity contribution < 1.29 is 0 Å². The maximum Gasteiger partial charge on any atom is 0.145 e.